The molecule has 3 aliphatic heterocycles. The number of benzene rings is 4. The zero-order chi connectivity index (χ0) is 34.9. The van der Waals surface area contributed by atoms with Crippen LogP contribution in [0.1, 0.15) is 40.2 Å². The lowest BCUT2D eigenvalue weighted by Crippen LogP contribution is -2.40. The summed E-state index contributed by atoms with van der Waals surface area (Å²) in [4.78, 5) is 12.0. The third-order valence-electron chi connectivity index (χ3n) is 10.4. The van der Waals surface area contributed by atoms with Gasteiger partial charge in [0.05, 0.1) is 22.4 Å². The summed E-state index contributed by atoms with van der Waals surface area (Å²) in [6, 6.07) is 36.4. The van der Waals surface area contributed by atoms with Gasteiger partial charge in [0.25, 0.3) is 0 Å². The van der Waals surface area contributed by atoms with Crippen molar-refractivity contribution in [1.29, 1.82) is 0 Å². The molecule has 0 fully saturated rings. The molecule has 0 spiro atoms. The van der Waals surface area contributed by atoms with Crippen LogP contribution in [0.5, 0.6) is 11.5 Å². The van der Waals surface area contributed by atoms with Gasteiger partial charge in [0.2, 0.25) is 0 Å². The molecule has 0 aliphatic carbocycles. The van der Waals surface area contributed by atoms with Crippen molar-refractivity contribution in [2.45, 2.75) is 40.0 Å². The lowest BCUT2D eigenvalue weighted by molar-refractivity contribution is 0.483. The fourth-order valence-electron chi connectivity index (χ4n) is 7.91. The average molecular weight is 666 g/mol. The van der Waals surface area contributed by atoms with Crippen molar-refractivity contribution < 1.29 is 4.74 Å². The van der Waals surface area contributed by atoms with E-state index >= 15 is 0 Å². The van der Waals surface area contributed by atoms with Gasteiger partial charge >= 0.3 is 6.85 Å². The molecular weight excluding hydrogens is 625 g/mol. The van der Waals surface area contributed by atoms with Crippen LogP contribution in [0.3, 0.4) is 0 Å². The minimum Gasteiger partial charge on any atom is -0.457 e. The van der Waals surface area contributed by atoms with Gasteiger partial charge in [-0.3, -0.25) is 4.57 Å². The van der Waals surface area contributed by atoms with Gasteiger partial charge in [-0.05, 0) is 103 Å². The van der Waals surface area contributed by atoms with Crippen LogP contribution >= 0.6 is 0 Å². The third kappa shape index (κ3) is 5.23. The molecule has 2 aromatic heterocycles. The standard InChI is InChI=1S/C44H40BN5O/c1-30-28-47-24-11-10-22-45(47)31(2)43(30)49-29-48(39-17-8-9-18-40(39)49)33-13-12-14-34(26-33)51-35-19-20-37-36-15-6-7-16-38(36)50(41(37)27-35)42-25-32(21-23-46-42)44(3,4)5/h6-28H,29H2,1-5H3. The topological polar surface area (TPSA) is 36.8 Å². The predicted octanol–water partition coefficient (Wildman–Crippen LogP) is 10.8. The number of hydrogen-bond acceptors (Lipinski definition) is 5. The van der Waals surface area contributed by atoms with Crippen LogP contribution in [0.25, 0.3) is 27.6 Å². The first-order chi connectivity index (χ1) is 24.7. The molecule has 7 heteroatoms. The number of anilines is 3. The Morgan fingerprint density at radius 1 is 0.725 bits per heavy atom. The van der Waals surface area contributed by atoms with Crippen LogP contribution in [0.15, 0.2) is 157 Å². The SMILES string of the molecule is CC1=CN2C=CC=CB2C(C)=C1N1CN(c2cccc(Oc3ccc4c5ccccc5n(-c5cc(C(C)(C)C)ccn5)c4c3)c2)c2ccccc21. The molecule has 6 nitrogen and oxygen atoms in total. The zero-order valence-electron chi connectivity index (χ0n) is 29.7. The maximum Gasteiger partial charge on any atom is 0.317 e. The van der Waals surface area contributed by atoms with Crippen molar-refractivity contribution >= 4 is 45.7 Å². The summed E-state index contributed by atoms with van der Waals surface area (Å²) in [5.41, 5.74) is 10.8. The summed E-state index contributed by atoms with van der Waals surface area (Å²) < 4.78 is 8.92. The van der Waals surface area contributed by atoms with Gasteiger partial charge in [0.1, 0.15) is 24.0 Å². The summed E-state index contributed by atoms with van der Waals surface area (Å²) in [6.45, 7) is 12.1. The maximum atomic E-state index is 6.66. The number of nitrogens with zero attached hydrogens (tertiary/aromatic N) is 5. The Bertz CT molecular complexity index is 2480. The summed E-state index contributed by atoms with van der Waals surface area (Å²) in [5.74, 6) is 4.75. The van der Waals surface area contributed by atoms with Crippen molar-refractivity contribution in [3.63, 3.8) is 0 Å². The molecule has 51 heavy (non-hydrogen) atoms. The normalized spacial score (nSPS) is 15.6. The fourth-order valence-corrected chi connectivity index (χ4v) is 7.91. The van der Waals surface area contributed by atoms with Gasteiger partial charge in [-0.2, -0.15) is 0 Å². The Kier molecular flexibility index (Phi) is 7.21. The number of rotatable bonds is 5. The monoisotopic (exact) mass is 665 g/mol. The number of allylic oxidation sites excluding steroid dienone is 4. The Morgan fingerprint density at radius 2 is 1.49 bits per heavy atom. The van der Waals surface area contributed by atoms with Gasteiger partial charge in [0, 0.05) is 40.5 Å². The number of para-hydroxylation sites is 3. The summed E-state index contributed by atoms with van der Waals surface area (Å²) in [6.07, 6.45) is 10.6. The van der Waals surface area contributed by atoms with E-state index in [0.29, 0.717) is 6.67 Å². The second kappa shape index (κ2) is 11.8. The highest BCUT2D eigenvalue weighted by atomic mass is 16.5. The second-order valence-corrected chi connectivity index (χ2v) is 14.7. The Morgan fingerprint density at radius 3 is 2.33 bits per heavy atom. The second-order valence-electron chi connectivity index (χ2n) is 14.7. The Balaban J connectivity index is 1.07. The summed E-state index contributed by atoms with van der Waals surface area (Å²) in [7, 11) is 0. The molecule has 0 radical (unpaired) electrons. The van der Waals surface area contributed by atoms with Gasteiger partial charge < -0.3 is 19.3 Å². The lowest BCUT2D eigenvalue weighted by Gasteiger charge is -2.36. The van der Waals surface area contributed by atoms with Crippen LogP contribution < -0.4 is 14.5 Å². The van der Waals surface area contributed by atoms with Crippen LogP contribution in [0.4, 0.5) is 17.1 Å². The number of hydrogen-bond donors (Lipinski definition) is 0. The molecule has 0 unspecified atom stereocenters. The highest BCUT2D eigenvalue weighted by molar-refractivity contribution is 6.70. The highest BCUT2D eigenvalue weighted by Crippen LogP contribution is 2.46. The van der Waals surface area contributed by atoms with E-state index in [-0.39, 0.29) is 12.3 Å². The third-order valence-corrected chi connectivity index (χ3v) is 10.4. The van der Waals surface area contributed by atoms with Crippen LogP contribution in [-0.2, 0) is 5.41 Å². The molecule has 5 heterocycles. The average Bonchev–Trinajstić information content (AvgIpc) is 3.67. The molecule has 250 valence electrons. The van der Waals surface area contributed by atoms with Crippen molar-refractivity contribution in [1.82, 2.24) is 14.4 Å². The number of ether oxygens (including phenoxy) is 1. The van der Waals surface area contributed by atoms with Crippen molar-refractivity contribution in [3.05, 3.63) is 162 Å². The number of aromatic nitrogens is 2. The first-order valence-electron chi connectivity index (χ1n) is 17.7. The number of fused-ring (bicyclic) bond motifs is 5. The van der Waals surface area contributed by atoms with E-state index in [1.165, 1.54) is 44.5 Å². The van der Waals surface area contributed by atoms with Gasteiger partial charge in [-0.15, -0.1) is 0 Å². The first kappa shape index (κ1) is 31.1. The molecule has 0 N–H and O–H groups in total. The molecule has 6 aromatic rings. The molecular formula is C44H40BN5O. The molecule has 0 saturated heterocycles. The predicted molar refractivity (Wildman–Crippen MR) is 212 cm³/mol. The smallest absolute Gasteiger partial charge is 0.317 e. The van der Waals surface area contributed by atoms with E-state index in [9.17, 15) is 0 Å². The Labute approximate surface area is 300 Å². The maximum absolute atomic E-state index is 6.66. The van der Waals surface area contributed by atoms with E-state index in [1.807, 2.05) is 12.3 Å². The molecule has 0 amide bonds. The van der Waals surface area contributed by atoms with Gasteiger partial charge in [-0.25, -0.2) is 4.98 Å². The van der Waals surface area contributed by atoms with Crippen LogP contribution in [-0.4, -0.2) is 27.9 Å². The fraction of sp³-hybridized carbons (Fsp3) is 0.159. The lowest BCUT2D eigenvalue weighted by atomic mass is 9.51. The van der Waals surface area contributed by atoms with Gasteiger partial charge in [0.15, 0.2) is 0 Å². The summed E-state index contributed by atoms with van der Waals surface area (Å²) >= 11 is 0. The minimum absolute atomic E-state index is 0.00979. The minimum atomic E-state index is 0.00979. The van der Waals surface area contributed by atoms with Crippen molar-refractivity contribution in [3.8, 4) is 17.3 Å². The molecule has 0 bridgehead atoms. The molecule has 3 aliphatic rings. The van der Waals surface area contributed by atoms with E-state index in [2.05, 4.69) is 181 Å². The summed E-state index contributed by atoms with van der Waals surface area (Å²) in [5, 5.41) is 2.36. The number of pyridine rings is 1. The molecule has 4 aromatic carbocycles. The van der Waals surface area contributed by atoms with Gasteiger partial charge in [-0.1, -0.05) is 74.7 Å². The van der Waals surface area contributed by atoms with E-state index in [1.54, 1.807) is 0 Å². The molecule has 0 saturated carbocycles. The van der Waals surface area contributed by atoms with E-state index in [4.69, 9.17) is 9.72 Å². The van der Waals surface area contributed by atoms with Crippen LogP contribution in [0.2, 0.25) is 0 Å². The van der Waals surface area contributed by atoms with E-state index < -0.39 is 0 Å². The van der Waals surface area contributed by atoms with Crippen LogP contribution in [0, 0.1) is 0 Å². The van der Waals surface area contributed by atoms with Crippen molar-refractivity contribution in [2.75, 3.05) is 16.5 Å². The molecule has 9 rings (SSSR count). The highest BCUT2D eigenvalue weighted by Gasteiger charge is 2.35. The quantitative estimate of drug-likeness (QED) is 0.171. The Hall–Kier alpha value is -5.95. The largest absolute Gasteiger partial charge is 0.457 e. The van der Waals surface area contributed by atoms with E-state index in [0.717, 1.165) is 34.0 Å². The zero-order valence-corrected chi connectivity index (χ0v) is 29.7. The van der Waals surface area contributed by atoms with Crippen molar-refractivity contribution in [2.24, 2.45) is 0 Å². The first-order valence-corrected chi connectivity index (χ1v) is 17.7. The molecule has 0 atom stereocenters.